The van der Waals surface area contributed by atoms with Gasteiger partial charge in [-0.3, -0.25) is 4.79 Å². The van der Waals surface area contributed by atoms with Crippen molar-refractivity contribution in [2.75, 3.05) is 26.0 Å². The number of benzene rings is 1. The number of urea groups is 1. The first kappa shape index (κ1) is 18.3. The first-order valence-electron chi connectivity index (χ1n) is 7.39. The summed E-state index contributed by atoms with van der Waals surface area (Å²) in [5, 5.41) is 7.42. The van der Waals surface area contributed by atoms with Crippen LogP contribution in [0.2, 0.25) is 0 Å². The summed E-state index contributed by atoms with van der Waals surface area (Å²) in [6.07, 6.45) is 0.281. The van der Waals surface area contributed by atoms with Crippen LogP contribution in [0, 0.1) is 6.92 Å². The molecule has 8 heteroatoms. The first-order valence-corrected chi connectivity index (χ1v) is 9.08. The molecule has 0 radical (unpaired) electrons. The average Bonchev–Trinajstić information content (AvgIpc) is 2.94. The van der Waals surface area contributed by atoms with E-state index in [-0.39, 0.29) is 18.4 Å². The number of carbonyl (C=O) groups excluding carboxylic acids is 2. The maximum Gasteiger partial charge on any atom is 0.319 e. The van der Waals surface area contributed by atoms with Crippen molar-refractivity contribution < 1.29 is 9.59 Å². The standard InChI is InChI=1S/C16H20N4O2S2/c1-11-10-23-16(18-11)24-13-6-4-12(5-7-13)19-15(22)17-9-8-14(21)20(2)3/h4-7,10H,8-9H2,1-3H3,(H2,17,19,22). The van der Waals surface area contributed by atoms with Crippen LogP contribution < -0.4 is 10.6 Å². The van der Waals surface area contributed by atoms with Crippen LogP contribution in [0.15, 0.2) is 38.9 Å². The molecule has 0 fully saturated rings. The maximum absolute atomic E-state index is 11.8. The third-order valence-electron chi connectivity index (χ3n) is 3.04. The lowest BCUT2D eigenvalue weighted by Gasteiger charge is -2.11. The molecule has 2 N–H and O–H groups in total. The van der Waals surface area contributed by atoms with E-state index in [0.717, 1.165) is 14.9 Å². The second-order valence-electron chi connectivity index (χ2n) is 5.30. The number of rotatable bonds is 6. The zero-order chi connectivity index (χ0) is 17.5. The molecule has 0 saturated heterocycles. The van der Waals surface area contributed by atoms with Gasteiger partial charge in [0.05, 0.1) is 0 Å². The summed E-state index contributed by atoms with van der Waals surface area (Å²) in [6, 6.07) is 7.23. The average molecular weight is 364 g/mol. The molecule has 1 aromatic heterocycles. The van der Waals surface area contributed by atoms with Gasteiger partial charge in [-0.25, -0.2) is 9.78 Å². The van der Waals surface area contributed by atoms with Crippen molar-refractivity contribution in [1.29, 1.82) is 0 Å². The lowest BCUT2D eigenvalue weighted by molar-refractivity contribution is -0.128. The molecular formula is C16H20N4O2S2. The maximum atomic E-state index is 11.8. The molecule has 0 atom stereocenters. The highest BCUT2D eigenvalue weighted by Crippen LogP contribution is 2.30. The molecule has 0 aliphatic heterocycles. The summed E-state index contributed by atoms with van der Waals surface area (Å²) in [4.78, 5) is 30.2. The Kier molecular flexibility index (Phi) is 6.62. The van der Waals surface area contributed by atoms with E-state index in [2.05, 4.69) is 15.6 Å². The van der Waals surface area contributed by atoms with Crippen LogP contribution >= 0.6 is 23.1 Å². The number of hydrogen-bond acceptors (Lipinski definition) is 5. The predicted octanol–water partition coefficient (Wildman–Crippen LogP) is 3.20. The topological polar surface area (TPSA) is 74.3 Å². The normalized spacial score (nSPS) is 10.3. The van der Waals surface area contributed by atoms with E-state index < -0.39 is 0 Å². The monoisotopic (exact) mass is 364 g/mol. The van der Waals surface area contributed by atoms with Gasteiger partial charge in [-0.1, -0.05) is 11.8 Å². The Bertz CT molecular complexity index is 698. The fraction of sp³-hybridized carbons (Fsp3) is 0.312. The fourth-order valence-corrected chi connectivity index (χ4v) is 3.58. The zero-order valence-corrected chi connectivity index (χ0v) is 15.5. The van der Waals surface area contributed by atoms with Gasteiger partial charge in [0.25, 0.3) is 0 Å². The van der Waals surface area contributed by atoms with Gasteiger partial charge >= 0.3 is 6.03 Å². The second-order valence-corrected chi connectivity index (χ2v) is 7.48. The molecular weight excluding hydrogens is 344 g/mol. The van der Waals surface area contributed by atoms with E-state index in [1.54, 1.807) is 37.2 Å². The quantitative estimate of drug-likeness (QED) is 0.825. The minimum Gasteiger partial charge on any atom is -0.349 e. The van der Waals surface area contributed by atoms with Gasteiger partial charge in [0.1, 0.15) is 0 Å². The minimum absolute atomic E-state index is 0.0194. The van der Waals surface area contributed by atoms with Gasteiger partial charge in [0, 0.05) is 48.7 Å². The number of anilines is 1. The SMILES string of the molecule is Cc1csc(Sc2ccc(NC(=O)NCCC(=O)N(C)C)cc2)n1. The van der Waals surface area contributed by atoms with Gasteiger partial charge in [-0.15, -0.1) is 11.3 Å². The number of nitrogens with zero attached hydrogens (tertiary/aromatic N) is 2. The summed E-state index contributed by atoms with van der Waals surface area (Å²) in [5.41, 5.74) is 1.72. The first-order chi connectivity index (χ1) is 11.4. The van der Waals surface area contributed by atoms with Gasteiger partial charge in [-0.2, -0.15) is 0 Å². The van der Waals surface area contributed by atoms with Crippen LogP contribution in [0.25, 0.3) is 0 Å². The van der Waals surface area contributed by atoms with Gasteiger partial charge in [0.15, 0.2) is 4.34 Å². The molecule has 0 aliphatic carbocycles. The van der Waals surface area contributed by atoms with Crippen LogP contribution in [0.1, 0.15) is 12.1 Å². The highest BCUT2D eigenvalue weighted by atomic mass is 32.2. The second kappa shape index (κ2) is 8.70. The Labute approximate surface area is 149 Å². The van der Waals surface area contributed by atoms with Crippen molar-refractivity contribution in [2.24, 2.45) is 0 Å². The number of nitrogens with one attached hydrogen (secondary N) is 2. The molecule has 0 bridgehead atoms. The number of aromatic nitrogens is 1. The van der Waals surface area contributed by atoms with Crippen molar-refractivity contribution in [2.45, 2.75) is 22.6 Å². The Morgan fingerprint density at radius 2 is 1.96 bits per heavy atom. The molecule has 0 spiro atoms. The number of thiazole rings is 1. The van der Waals surface area contributed by atoms with Crippen LogP contribution in [-0.2, 0) is 4.79 Å². The molecule has 2 rings (SSSR count). The molecule has 24 heavy (non-hydrogen) atoms. The van der Waals surface area contributed by atoms with E-state index in [9.17, 15) is 9.59 Å². The smallest absolute Gasteiger partial charge is 0.319 e. The number of hydrogen-bond donors (Lipinski definition) is 2. The lowest BCUT2D eigenvalue weighted by Crippen LogP contribution is -2.33. The van der Waals surface area contributed by atoms with E-state index >= 15 is 0 Å². The Balaban J connectivity index is 1.78. The summed E-state index contributed by atoms with van der Waals surface area (Å²) in [6.45, 7) is 2.28. The Morgan fingerprint density at radius 3 is 2.54 bits per heavy atom. The lowest BCUT2D eigenvalue weighted by atomic mass is 10.3. The summed E-state index contributed by atoms with van der Waals surface area (Å²) in [5.74, 6) is -0.0194. The van der Waals surface area contributed by atoms with Crippen LogP contribution in [0.4, 0.5) is 10.5 Å². The van der Waals surface area contributed by atoms with E-state index in [1.165, 1.54) is 4.90 Å². The molecule has 2 aromatic rings. The van der Waals surface area contributed by atoms with Gasteiger partial charge < -0.3 is 15.5 Å². The van der Waals surface area contributed by atoms with Crippen LogP contribution in [-0.4, -0.2) is 42.5 Å². The summed E-state index contributed by atoms with van der Waals surface area (Å²) >= 11 is 3.21. The number of amides is 3. The zero-order valence-electron chi connectivity index (χ0n) is 13.8. The largest absolute Gasteiger partial charge is 0.349 e. The molecule has 0 aliphatic rings. The highest BCUT2D eigenvalue weighted by Gasteiger charge is 2.06. The fourth-order valence-electron chi connectivity index (χ4n) is 1.77. The van der Waals surface area contributed by atoms with Crippen molar-refractivity contribution in [3.8, 4) is 0 Å². The highest BCUT2D eigenvalue weighted by molar-refractivity contribution is 8.01. The third-order valence-corrected chi connectivity index (χ3v) is 5.10. The summed E-state index contributed by atoms with van der Waals surface area (Å²) in [7, 11) is 3.38. The van der Waals surface area contributed by atoms with E-state index in [1.807, 2.05) is 36.6 Å². The van der Waals surface area contributed by atoms with Crippen LogP contribution in [0.5, 0.6) is 0 Å². The van der Waals surface area contributed by atoms with Crippen LogP contribution in [0.3, 0.4) is 0 Å². The number of carbonyl (C=O) groups is 2. The molecule has 1 heterocycles. The van der Waals surface area contributed by atoms with E-state index in [0.29, 0.717) is 12.2 Å². The Morgan fingerprint density at radius 1 is 1.25 bits per heavy atom. The summed E-state index contributed by atoms with van der Waals surface area (Å²) < 4.78 is 0.997. The molecule has 6 nitrogen and oxygen atoms in total. The third kappa shape index (κ3) is 5.86. The van der Waals surface area contributed by atoms with E-state index in [4.69, 9.17) is 0 Å². The van der Waals surface area contributed by atoms with Crippen molar-refractivity contribution in [1.82, 2.24) is 15.2 Å². The predicted molar refractivity (Wildman–Crippen MR) is 97.7 cm³/mol. The van der Waals surface area contributed by atoms with Crippen molar-refractivity contribution in [3.63, 3.8) is 0 Å². The van der Waals surface area contributed by atoms with Gasteiger partial charge in [-0.05, 0) is 31.2 Å². The molecule has 1 aromatic carbocycles. The molecule has 128 valence electrons. The number of aryl methyl sites for hydroxylation is 1. The van der Waals surface area contributed by atoms with Crippen molar-refractivity contribution >= 4 is 40.7 Å². The van der Waals surface area contributed by atoms with Crippen molar-refractivity contribution in [3.05, 3.63) is 35.3 Å². The molecule has 0 saturated carbocycles. The molecule has 0 unspecified atom stereocenters. The minimum atomic E-state index is -0.322. The Hall–Kier alpha value is -2.06. The molecule has 3 amide bonds. The van der Waals surface area contributed by atoms with Gasteiger partial charge in [0.2, 0.25) is 5.91 Å².